The van der Waals surface area contributed by atoms with Gasteiger partial charge in [0.25, 0.3) is 0 Å². The van der Waals surface area contributed by atoms with Crippen molar-refractivity contribution >= 4 is 0 Å². The number of aromatic nitrogens is 3. The van der Waals surface area contributed by atoms with Crippen LogP contribution < -0.4 is 0 Å². The average Bonchev–Trinajstić information content (AvgIpc) is 2.81. The lowest BCUT2D eigenvalue weighted by atomic mass is 10.1. The molecular formula is C14H16N4O. The van der Waals surface area contributed by atoms with E-state index in [2.05, 4.69) is 30.1 Å². The van der Waals surface area contributed by atoms with Crippen LogP contribution in [-0.4, -0.2) is 19.9 Å². The summed E-state index contributed by atoms with van der Waals surface area (Å²) in [6.07, 6.45) is 0. The van der Waals surface area contributed by atoms with E-state index < -0.39 is 0 Å². The van der Waals surface area contributed by atoms with Crippen molar-refractivity contribution in [1.82, 2.24) is 14.8 Å². The van der Waals surface area contributed by atoms with Gasteiger partial charge in [-0.25, -0.2) is 0 Å². The molecule has 0 aliphatic carbocycles. The first-order valence-corrected chi connectivity index (χ1v) is 6.19. The van der Waals surface area contributed by atoms with E-state index in [-0.39, 0.29) is 6.61 Å². The lowest BCUT2D eigenvalue weighted by Crippen LogP contribution is -2.10. The molecule has 0 unspecified atom stereocenters. The first-order chi connectivity index (χ1) is 9.15. The highest BCUT2D eigenvalue weighted by atomic mass is 16.3. The smallest absolute Gasteiger partial charge is 0.164 e. The van der Waals surface area contributed by atoms with Crippen molar-refractivity contribution in [3.63, 3.8) is 0 Å². The predicted molar refractivity (Wildman–Crippen MR) is 70.9 cm³/mol. The van der Waals surface area contributed by atoms with Gasteiger partial charge in [-0.2, -0.15) is 5.26 Å². The van der Waals surface area contributed by atoms with Gasteiger partial charge in [-0.15, -0.1) is 10.2 Å². The minimum Gasteiger partial charge on any atom is -0.388 e. The van der Waals surface area contributed by atoms with Crippen LogP contribution in [-0.2, 0) is 13.2 Å². The molecule has 0 bridgehead atoms. The van der Waals surface area contributed by atoms with Gasteiger partial charge in [-0.1, -0.05) is 26.0 Å². The second-order valence-electron chi connectivity index (χ2n) is 4.80. The lowest BCUT2D eigenvalue weighted by molar-refractivity contribution is 0.262. The summed E-state index contributed by atoms with van der Waals surface area (Å²) in [5, 5.41) is 26.4. The molecule has 0 spiro atoms. The molecule has 1 N–H and O–H groups in total. The number of aliphatic hydroxyl groups is 1. The molecule has 0 saturated carbocycles. The quantitative estimate of drug-likeness (QED) is 0.907. The number of hydrogen-bond acceptors (Lipinski definition) is 4. The first-order valence-electron chi connectivity index (χ1n) is 6.19. The minimum absolute atomic E-state index is 0.141. The topological polar surface area (TPSA) is 74.7 Å². The number of nitrogens with zero attached hydrogens (tertiary/aromatic N) is 4. The predicted octanol–water partition coefficient (Wildman–Crippen LogP) is 1.97. The SMILES string of the molecule is CC(C)Cn1c(CO)nnc1-c1cccc(C#N)c1. The van der Waals surface area contributed by atoms with E-state index in [0.717, 1.165) is 12.1 Å². The van der Waals surface area contributed by atoms with Crippen LogP contribution in [0.2, 0.25) is 0 Å². The fraction of sp³-hybridized carbons (Fsp3) is 0.357. The van der Waals surface area contributed by atoms with E-state index in [4.69, 9.17) is 5.26 Å². The maximum atomic E-state index is 9.32. The van der Waals surface area contributed by atoms with Crippen LogP contribution in [0.5, 0.6) is 0 Å². The Hall–Kier alpha value is -2.19. The van der Waals surface area contributed by atoms with Crippen LogP contribution in [0.15, 0.2) is 24.3 Å². The van der Waals surface area contributed by atoms with Gasteiger partial charge in [0.2, 0.25) is 0 Å². The van der Waals surface area contributed by atoms with Crippen LogP contribution in [0.4, 0.5) is 0 Å². The van der Waals surface area contributed by atoms with Crippen molar-refractivity contribution < 1.29 is 5.11 Å². The third kappa shape index (κ3) is 2.80. The molecule has 98 valence electrons. The van der Waals surface area contributed by atoms with Gasteiger partial charge in [0.15, 0.2) is 11.6 Å². The van der Waals surface area contributed by atoms with Crippen molar-refractivity contribution in [2.75, 3.05) is 0 Å². The molecule has 5 nitrogen and oxygen atoms in total. The molecule has 1 aromatic heterocycles. The van der Waals surface area contributed by atoms with E-state index in [1.807, 2.05) is 16.7 Å². The summed E-state index contributed by atoms with van der Waals surface area (Å²) in [4.78, 5) is 0. The molecule has 0 aliphatic rings. The van der Waals surface area contributed by atoms with Crippen molar-refractivity contribution in [2.45, 2.75) is 27.0 Å². The second-order valence-corrected chi connectivity index (χ2v) is 4.80. The summed E-state index contributed by atoms with van der Waals surface area (Å²) in [6, 6.07) is 9.35. The van der Waals surface area contributed by atoms with Crippen molar-refractivity contribution in [3.8, 4) is 17.5 Å². The van der Waals surface area contributed by atoms with Gasteiger partial charge in [-0.3, -0.25) is 0 Å². The van der Waals surface area contributed by atoms with Crippen molar-refractivity contribution in [1.29, 1.82) is 5.26 Å². The van der Waals surface area contributed by atoms with Crippen LogP contribution in [0.3, 0.4) is 0 Å². The monoisotopic (exact) mass is 256 g/mol. The summed E-state index contributed by atoms with van der Waals surface area (Å²) in [5.41, 5.74) is 1.43. The standard InChI is InChI=1S/C14H16N4O/c1-10(2)8-18-13(9-19)16-17-14(18)12-5-3-4-11(6-12)7-15/h3-6,10,19H,8-9H2,1-2H3. The third-order valence-corrected chi connectivity index (χ3v) is 2.77. The zero-order valence-corrected chi connectivity index (χ0v) is 11.0. The molecule has 5 heteroatoms. The first kappa shape index (κ1) is 13.2. The van der Waals surface area contributed by atoms with Gasteiger partial charge in [0.05, 0.1) is 11.6 Å². The van der Waals surface area contributed by atoms with Crippen LogP contribution in [0.1, 0.15) is 25.2 Å². The van der Waals surface area contributed by atoms with Crippen molar-refractivity contribution in [2.24, 2.45) is 5.92 Å². The largest absolute Gasteiger partial charge is 0.388 e. The van der Waals surface area contributed by atoms with Crippen LogP contribution in [0, 0.1) is 17.2 Å². The maximum absolute atomic E-state index is 9.32. The fourth-order valence-electron chi connectivity index (χ4n) is 1.95. The van der Waals surface area contributed by atoms with Crippen LogP contribution >= 0.6 is 0 Å². The van der Waals surface area contributed by atoms with E-state index in [0.29, 0.717) is 23.1 Å². The maximum Gasteiger partial charge on any atom is 0.164 e. The Morgan fingerprint density at radius 2 is 2.16 bits per heavy atom. The van der Waals surface area contributed by atoms with Gasteiger partial charge in [0, 0.05) is 12.1 Å². The van der Waals surface area contributed by atoms with Gasteiger partial charge >= 0.3 is 0 Å². The number of rotatable bonds is 4. The Bertz CT molecular complexity index is 610. The van der Waals surface area contributed by atoms with Crippen LogP contribution in [0.25, 0.3) is 11.4 Å². The Kier molecular flexibility index (Phi) is 3.93. The number of aliphatic hydroxyl groups excluding tert-OH is 1. The molecule has 0 saturated heterocycles. The zero-order valence-electron chi connectivity index (χ0n) is 11.0. The summed E-state index contributed by atoms with van der Waals surface area (Å²) in [6.45, 7) is 4.78. The summed E-state index contributed by atoms with van der Waals surface area (Å²) < 4.78 is 1.90. The highest BCUT2D eigenvalue weighted by molar-refractivity contribution is 5.58. The summed E-state index contributed by atoms with van der Waals surface area (Å²) in [7, 11) is 0. The molecule has 1 heterocycles. The molecule has 0 aliphatic heterocycles. The molecule has 0 amide bonds. The van der Waals surface area contributed by atoms with E-state index in [1.54, 1.807) is 12.1 Å². The normalized spacial score (nSPS) is 10.7. The molecule has 0 radical (unpaired) electrons. The molecular weight excluding hydrogens is 240 g/mol. The molecule has 2 rings (SSSR count). The number of nitriles is 1. The Morgan fingerprint density at radius 3 is 2.79 bits per heavy atom. The highest BCUT2D eigenvalue weighted by Crippen LogP contribution is 2.20. The summed E-state index contributed by atoms with van der Waals surface area (Å²) in [5.74, 6) is 1.65. The van der Waals surface area contributed by atoms with Gasteiger partial charge in [-0.05, 0) is 18.1 Å². The second kappa shape index (κ2) is 5.63. The minimum atomic E-state index is -0.141. The number of benzene rings is 1. The molecule has 2 aromatic rings. The molecule has 1 aromatic carbocycles. The number of hydrogen-bond donors (Lipinski definition) is 1. The lowest BCUT2D eigenvalue weighted by Gasteiger charge is -2.11. The molecule has 0 fully saturated rings. The van der Waals surface area contributed by atoms with E-state index in [9.17, 15) is 5.11 Å². The Balaban J connectivity index is 2.49. The zero-order chi connectivity index (χ0) is 13.8. The Morgan fingerprint density at radius 1 is 1.37 bits per heavy atom. The molecule has 0 atom stereocenters. The fourth-order valence-corrected chi connectivity index (χ4v) is 1.95. The Labute approximate surface area is 112 Å². The summed E-state index contributed by atoms with van der Waals surface area (Å²) >= 11 is 0. The van der Waals surface area contributed by atoms with Crippen molar-refractivity contribution in [3.05, 3.63) is 35.7 Å². The van der Waals surface area contributed by atoms with Gasteiger partial charge < -0.3 is 9.67 Å². The van der Waals surface area contributed by atoms with E-state index in [1.165, 1.54) is 0 Å². The highest BCUT2D eigenvalue weighted by Gasteiger charge is 2.14. The van der Waals surface area contributed by atoms with E-state index >= 15 is 0 Å². The van der Waals surface area contributed by atoms with Gasteiger partial charge in [0.1, 0.15) is 6.61 Å². The molecule has 19 heavy (non-hydrogen) atoms. The average molecular weight is 256 g/mol. The third-order valence-electron chi connectivity index (χ3n) is 2.77.